The van der Waals surface area contributed by atoms with E-state index >= 15 is 0 Å². The average molecular weight is 394 g/mol. The monoisotopic (exact) mass is 393 g/mol. The summed E-state index contributed by atoms with van der Waals surface area (Å²) in [5, 5.41) is 15.3. The summed E-state index contributed by atoms with van der Waals surface area (Å²) in [4.78, 5) is 8.77. The Morgan fingerprint density at radius 2 is 1.86 bits per heavy atom. The molecule has 0 radical (unpaired) electrons. The molecule has 2 aromatic carbocycles. The Balaban J connectivity index is 1.88. The van der Waals surface area contributed by atoms with Crippen LogP contribution in [0, 0.1) is 12.7 Å². The van der Waals surface area contributed by atoms with E-state index in [0.717, 1.165) is 11.1 Å². The van der Waals surface area contributed by atoms with Crippen molar-refractivity contribution in [1.29, 1.82) is 0 Å². The maximum Gasteiger partial charge on any atom is 0.147 e. The first-order valence-corrected chi connectivity index (χ1v) is 9.12. The van der Waals surface area contributed by atoms with Gasteiger partial charge >= 0.3 is 0 Å². The van der Waals surface area contributed by atoms with Gasteiger partial charge in [-0.15, -0.1) is 0 Å². The summed E-state index contributed by atoms with van der Waals surface area (Å²) in [7, 11) is 0. The first-order valence-electron chi connectivity index (χ1n) is 8.74. The first-order chi connectivity index (χ1) is 13.5. The number of aryl methyl sites for hydroxylation is 1. The van der Waals surface area contributed by atoms with E-state index < -0.39 is 11.9 Å². The second-order valence-corrected chi connectivity index (χ2v) is 6.89. The number of rotatable bonds is 4. The van der Waals surface area contributed by atoms with E-state index in [1.807, 2.05) is 49.4 Å². The fraction of sp³-hybridized carbons (Fsp3) is 0.0909. The molecule has 0 aliphatic heterocycles. The molecule has 2 aromatic heterocycles. The topological polar surface area (TPSA) is 58.0 Å². The van der Waals surface area contributed by atoms with Crippen LogP contribution in [0.15, 0.2) is 66.9 Å². The molecule has 0 aliphatic rings. The van der Waals surface area contributed by atoms with Gasteiger partial charge in [0.05, 0.1) is 6.04 Å². The van der Waals surface area contributed by atoms with Crippen LogP contribution in [0.1, 0.15) is 22.9 Å². The van der Waals surface area contributed by atoms with Gasteiger partial charge in [0, 0.05) is 27.9 Å². The molecular formula is C22H17ClFN3O. The Kier molecular flexibility index (Phi) is 4.84. The molecule has 4 nitrogen and oxygen atoms in total. The summed E-state index contributed by atoms with van der Waals surface area (Å²) in [6, 6.07) is 16.6. The normalized spacial score (nSPS) is 12.1. The minimum Gasteiger partial charge on any atom is -0.505 e. The SMILES string of the molecule is Cc1cccc(NC(c2ccc(F)cc2Cl)c2ccc3cccnc3c2O)n1. The molecule has 1 atom stereocenters. The highest BCUT2D eigenvalue weighted by Crippen LogP contribution is 2.38. The maximum atomic E-state index is 13.6. The van der Waals surface area contributed by atoms with Gasteiger partial charge in [-0.2, -0.15) is 0 Å². The van der Waals surface area contributed by atoms with Crippen LogP contribution in [0.2, 0.25) is 5.02 Å². The summed E-state index contributed by atoms with van der Waals surface area (Å²) in [6.45, 7) is 1.89. The van der Waals surface area contributed by atoms with Crippen LogP contribution >= 0.6 is 11.6 Å². The zero-order valence-electron chi connectivity index (χ0n) is 15.0. The number of halogens is 2. The van der Waals surface area contributed by atoms with Crippen LogP contribution < -0.4 is 5.32 Å². The fourth-order valence-electron chi connectivity index (χ4n) is 3.21. The molecule has 28 heavy (non-hydrogen) atoms. The lowest BCUT2D eigenvalue weighted by atomic mass is 9.96. The number of fused-ring (bicyclic) bond motifs is 1. The van der Waals surface area contributed by atoms with Gasteiger partial charge in [0.25, 0.3) is 0 Å². The van der Waals surface area contributed by atoms with Crippen molar-refractivity contribution in [3.63, 3.8) is 0 Å². The number of pyridine rings is 2. The van der Waals surface area contributed by atoms with Gasteiger partial charge in [-0.05, 0) is 42.8 Å². The number of nitrogens with one attached hydrogen (secondary N) is 1. The van der Waals surface area contributed by atoms with Crippen molar-refractivity contribution in [1.82, 2.24) is 9.97 Å². The molecule has 140 valence electrons. The first kappa shape index (κ1) is 18.2. The molecule has 0 bridgehead atoms. The van der Waals surface area contributed by atoms with E-state index in [2.05, 4.69) is 15.3 Å². The molecule has 0 fully saturated rings. The summed E-state index contributed by atoms with van der Waals surface area (Å²) in [5.74, 6) is 0.236. The van der Waals surface area contributed by atoms with Crippen molar-refractivity contribution in [3.8, 4) is 5.75 Å². The van der Waals surface area contributed by atoms with Gasteiger partial charge in [0.2, 0.25) is 0 Å². The van der Waals surface area contributed by atoms with E-state index in [0.29, 0.717) is 22.5 Å². The number of nitrogens with zero attached hydrogens (tertiary/aromatic N) is 2. The predicted molar refractivity (Wildman–Crippen MR) is 109 cm³/mol. The lowest BCUT2D eigenvalue weighted by Gasteiger charge is -2.23. The number of hydrogen-bond acceptors (Lipinski definition) is 4. The van der Waals surface area contributed by atoms with E-state index in [1.165, 1.54) is 12.1 Å². The highest BCUT2D eigenvalue weighted by molar-refractivity contribution is 6.31. The number of aromatic nitrogens is 2. The largest absolute Gasteiger partial charge is 0.505 e. The fourth-order valence-corrected chi connectivity index (χ4v) is 3.48. The highest BCUT2D eigenvalue weighted by Gasteiger charge is 2.22. The second-order valence-electron chi connectivity index (χ2n) is 6.49. The number of benzene rings is 2. The van der Waals surface area contributed by atoms with Crippen LogP contribution in [-0.2, 0) is 0 Å². The van der Waals surface area contributed by atoms with Crippen LogP contribution in [0.5, 0.6) is 5.75 Å². The third-order valence-electron chi connectivity index (χ3n) is 4.54. The minimum atomic E-state index is -0.547. The van der Waals surface area contributed by atoms with Gasteiger partial charge in [-0.1, -0.05) is 41.9 Å². The standard InChI is InChI=1S/C22H17ClFN3O/c1-13-4-2-6-19(26-13)27-21(16-10-8-15(24)12-18(16)23)17-9-7-14-5-3-11-25-20(14)22(17)28/h2-12,21,28H,1H3,(H,26,27). The molecule has 1 unspecified atom stereocenters. The molecule has 0 saturated carbocycles. The quantitative estimate of drug-likeness (QED) is 0.471. The molecular weight excluding hydrogens is 377 g/mol. The van der Waals surface area contributed by atoms with E-state index in [-0.39, 0.29) is 10.8 Å². The Hall–Kier alpha value is -3.18. The van der Waals surface area contributed by atoms with Gasteiger partial charge in [-0.25, -0.2) is 9.37 Å². The number of phenols is 1. The van der Waals surface area contributed by atoms with Crippen molar-refractivity contribution < 1.29 is 9.50 Å². The molecule has 4 rings (SSSR count). The summed E-state index contributed by atoms with van der Waals surface area (Å²) in [5.41, 5.74) is 2.53. The van der Waals surface area contributed by atoms with E-state index in [1.54, 1.807) is 12.3 Å². The number of hydrogen-bond donors (Lipinski definition) is 2. The number of anilines is 1. The molecule has 0 amide bonds. The molecule has 2 N–H and O–H groups in total. The maximum absolute atomic E-state index is 13.6. The van der Waals surface area contributed by atoms with Crippen molar-refractivity contribution in [2.45, 2.75) is 13.0 Å². The zero-order chi connectivity index (χ0) is 19.7. The van der Waals surface area contributed by atoms with Gasteiger partial charge in [0.15, 0.2) is 0 Å². The minimum absolute atomic E-state index is 0.0450. The van der Waals surface area contributed by atoms with Crippen molar-refractivity contribution in [2.24, 2.45) is 0 Å². The molecule has 6 heteroatoms. The Labute approximate surface area is 166 Å². The third-order valence-corrected chi connectivity index (χ3v) is 4.87. The van der Waals surface area contributed by atoms with Crippen molar-refractivity contribution in [3.05, 3.63) is 94.5 Å². The Morgan fingerprint density at radius 1 is 1.04 bits per heavy atom. The van der Waals surface area contributed by atoms with Gasteiger partial charge in [-0.3, -0.25) is 4.98 Å². The molecule has 0 saturated heterocycles. The summed E-state index contributed by atoms with van der Waals surface area (Å²) in [6.07, 6.45) is 1.63. The van der Waals surface area contributed by atoms with Crippen LogP contribution in [0.25, 0.3) is 10.9 Å². The van der Waals surface area contributed by atoms with Crippen LogP contribution in [0.3, 0.4) is 0 Å². The molecule has 4 aromatic rings. The third kappa shape index (κ3) is 3.49. The molecule has 2 heterocycles. The zero-order valence-corrected chi connectivity index (χ0v) is 15.8. The lowest BCUT2D eigenvalue weighted by molar-refractivity contribution is 0.471. The Morgan fingerprint density at radius 3 is 2.64 bits per heavy atom. The van der Waals surface area contributed by atoms with Gasteiger partial charge in [0.1, 0.15) is 22.9 Å². The number of aromatic hydroxyl groups is 1. The van der Waals surface area contributed by atoms with Crippen molar-refractivity contribution in [2.75, 3.05) is 5.32 Å². The predicted octanol–water partition coefficient (Wildman–Crippen LogP) is 5.64. The Bertz CT molecular complexity index is 1170. The summed E-state index contributed by atoms with van der Waals surface area (Å²) >= 11 is 6.34. The van der Waals surface area contributed by atoms with Crippen LogP contribution in [-0.4, -0.2) is 15.1 Å². The lowest BCUT2D eigenvalue weighted by Crippen LogP contribution is -2.14. The second kappa shape index (κ2) is 7.44. The van der Waals surface area contributed by atoms with Gasteiger partial charge < -0.3 is 10.4 Å². The summed E-state index contributed by atoms with van der Waals surface area (Å²) < 4.78 is 13.6. The highest BCUT2D eigenvalue weighted by atomic mass is 35.5. The average Bonchev–Trinajstić information content (AvgIpc) is 2.67. The van der Waals surface area contributed by atoms with Crippen LogP contribution in [0.4, 0.5) is 10.2 Å². The molecule has 0 aliphatic carbocycles. The molecule has 0 spiro atoms. The van der Waals surface area contributed by atoms with E-state index in [9.17, 15) is 9.50 Å². The van der Waals surface area contributed by atoms with E-state index in [4.69, 9.17) is 11.6 Å². The van der Waals surface area contributed by atoms with Crippen molar-refractivity contribution >= 4 is 28.3 Å². The smallest absolute Gasteiger partial charge is 0.147 e. The number of phenolic OH excluding ortho intramolecular Hbond substituents is 1.